The van der Waals surface area contributed by atoms with E-state index in [-0.39, 0.29) is 6.42 Å². The van der Waals surface area contributed by atoms with E-state index in [1.54, 1.807) is 0 Å². The number of nitrogens with zero attached hydrogens (tertiary/aromatic N) is 1. The summed E-state index contributed by atoms with van der Waals surface area (Å²) in [6.45, 7) is 0. The number of aliphatic carboxylic acids is 1. The topological polar surface area (TPSA) is 66.0 Å². The first kappa shape index (κ1) is 11.3. The first-order valence-corrected chi connectivity index (χ1v) is 4.77. The van der Waals surface area contributed by atoms with Crippen LogP contribution >= 0.6 is 0 Å². The van der Waals surface area contributed by atoms with E-state index in [0.29, 0.717) is 16.8 Å². The van der Waals surface area contributed by atoms with E-state index in [1.807, 2.05) is 0 Å². The maximum absolute atomic E-state index is 13.0. The highest BCUT2D eigenvalue weighted by Crippen LogP contribution is 2.24. The smallest absolute Gasteiger partial charge is 0.309 e. The fourth-order valence-electron chi connectivity index (χ4n) is 1.51. The van der Waals surface area contributed by atoms with Crippen molar-refractivity contribution in [2.24, 2.45) is 0 Å². The largest absolute Gasteiger partial charge is 0.481 e. The van der Waals surface area contributed by atoms with Crippen molar-refractivity contribution in [3.8, 4) is 11.1 Å². The Morgan fingerprint density at radius 3 is 2.76 bits per heavy atom. The molecule has 0 bridgehead atoms. The molecule has 0 saturated heterocycles. The summed E-state index contributed by atoms with van der Waals surface area (Å²) >= 11 is 0. The summed E-state index contributed by atoms with van der Waals surface area (Å²) in [6, 6.07) is 3.36. The molecular weight excluding hydrogens is 230 g/mol. The maximum atomic E-state index is 13.0. The van der Waals surface area contributed by atoms with Crippen LogP contribution in [0.15, 0.2) is 24.4 Å². The lowest BCUT2D eigenvalue weighted by Crippen LogP contribution is -2.01. The standard InChI is InChI=1S/C11H8F2N2O2/c12-8-2-1-6(3-9(8)13)7-5-14-15-10(7)4-11(16)17/h1-3,5H,4H2,(H,14,15)(H,16,17). The fourth-order valence-corrected chi connectivity index (χ4v) is 1.51. The van der Waals surface area contributed by atoms with Crippen LogP contribution in [0, 0.1) is 11.6 Å². The van der Waals surface area contributed by atoms with Gasteiger partial charge < -0.3 is 5.11 Å². The quantitative estimate of drug-likeness (QED) is 0.859. The Balaban J connectivity index is 2.42. The molecule has 0 saturated carbocycles. The summed E-state index contributed by atoms with van der Waals surface area (Å²) < 4.78 is 25.8. The number of benzene rings is 1. The number of nitrogens with one attached hydrogen (secondary N) is 1. The first-order valence-electron chi connectivity index (χ1n) is 4.77. The van der Waals surface area contributed by atoms with Gasteiger partial charge in [0.25, 0.3) is 0 Å². The number of hydrogen-bond donors (Lipinski definition) is 2. The SMILES string of the molecule is O=C(O)Cc1[nH]ncc1-c1ccc(F)c(F)c1. The summed E-state index contributed by atoms with van der Waals surface area (Å²) in [4.78, 5) is 10.6. The van der Waals surface area contributed by atoms with E-state index in [2.05, 4.69) is 10.2 Å². The number of H-pyrrole nitrogens is 1. The van der Waals surface area contributed by atoms with Gasteiger partial charge in [-0.1, -0.05) is 6.07 Å². The highest BCUT2D eigenvalue weighted by molar-refractivity contribution is 5.75. The van der Waals surface area contributed by atoms with E-state index < -0.39 is 17.6 Å². The van der Waals surface area contributed by atoms with Crippen LogP contribution in [0.3, 0.4) is 0 Å². The molecule has 0 spiro atoms. The number of aromatic amines is 1. The molecular formula is C11H8F2N2O2. The lowest BCUT2D eigenvalue weighted by molar-refractivity contribution is -0.136. The molecule has 17 heavy (non-hydrogen) atoms. The summed E-state index contributed by atoms with van der Waals surface area (Å²) in [5, 5.41) is 14.9. The van der Waals surface area contributed by atoms with E-state index >= 15 is 0 Å². The van der Waals surface area contributed by atoms with Gasteiger partial charge in [-0.3, -0.25) is 9.89 Å². The molecule has 88 valence electrons. The van der Waals surface area contributed by atoms with Crippen LogP contribution in [0.5, 0.6) is 0 Å². The van der Waals surface area contributed by atoms with E-state index in [9.17, 15) is 13.6 Å². The van der Waals surface area contributed by atoms with Crippen molar-refractivity contribution in [1.29, 1.82) is 0 Å². The predicted molar refractivity (Wildman–Crippen MR) is 55.3 cm³/mol. The normalized spacial score (nSPS) is 10.5. The number of halogens is 2. The highest BCUT2D eigenvalue weighted by Gasteiger charge is 2.12. The van der Waals surface area contributed by atoms with Crippen molar-refractivity contribution in [2.45, 2.75) is 6.42 Å². The first-order chi connectivity index (χ1) is 8.08. The molecule has 6 heteroatoms. The Morgan fingerprint density at radius 2 is 2.12 bits per heavy atom. The fraction of sp³-hybridized carbons (Fsp3) is 0.0909. The van der Waals surface area contributed by atoms with Gasteiger partial charge >= 0.3 is 5.97 Å². The molecule has 4 nitrogen and oxygen atoms in total. The third-order valence-electron chi connectivity index (χ3n) is 2.28. The summed E-state index contributed by atoms with van der Waals surface area (Å²) in [5.74, 6) is -2.96. The molecule has 0 unspecified atom stereocenters. The van der Waals surface area contributed by atoms with Gasteiger partial charge in [0.15, 0.2) is 11.6 Å². The third kappa shape index (κ3) is 2.30. The summed E-state index contributed by atoms with van der Waals surface area (Å²) in [6.07, 6.45) is 1.12. The number of carboxylic acids is 1. The second-order valence-corrected chi connectivity index (χ2v) is 3.46. The van der Waals surface area contributed by atoms with Crippen LogP contribution < -0.4 is 0 Å². The van der Waals surface area contributed by atoms with Crippen molar-refractivity contribution < 1.29 is 18.7 Å². The van der Waals surface area contributed by atoms with E-state index in [0.717, 1.165) is 12.1 Å². The molecule has 0 amide bonds. The Hall–Kier alpha value is -2.24. The zero-order valence-electron chi connectivity index (χ0n) is 8.58. The molecule has 0 aliphatic rings. The van der Waals surface area contributed by atoms with Crippen LogP contribution in [-0.2, 0) is 11.2 Å². The zero-order chi connectivity index (χ0) is 12.4. The average Bonchev–Trinajstić information content (AvgIpc) is 2.69. The summed E-state index contributed by atoms with van der Waals surface area (Å²) in [7, 11) is 0. The second-order valence-electron chi connectivity index (χ2n) is 3.46. The monoisotopic (exact) mass is 238 g/mol. The van der Waals surface area contributed by atoms with Gasteiger partial charge in [-0.2, -0.15) is 5.10 Å². The van der Waals surface area contributed by atoms with E-state index in [1.165, 1.54) is 12.3 Å². The molecule has 0 aliphatic carbocycles. The van der Waals surface area contributed by atoms with Crippen LogP contribution in [0.2, 0.25) is 0 Å². The van der Waals surface area contributed by atoms with Crippen LogP contribution in [0.4, 0.5) is 8.78 Å². The lowest BCUT2D eigenvalue weighted by Gasteiger charge is -2.02. The number of rotatable bonds is 3. The molecule has 2 aromatic rings. The number of carbonyl (C=O) groups is 1. The van der Waals surface area contributed by atoms with Crippen molar-refractivity contribution in [1.82, 2.24) is 10.2 Å². The molecule has 1 heterocycles. The molecule has 0 fully saturated rings. The van der Waals surface area contributed by atoms with Gasteiger partial charge in [-0.15, -0.1) is 0 Å². The van der Waals surface area contributed by atoms with Gasteiger partial charge in [-0.25, -0.2) is 8.78 Å². The molecule has 0 aliphatic heterocycles. The average molecular weight is 238 g/mol. The number of hydrogen-bond acceptors (Lipinski definition) is 2. The van der Waals surface area contributed by atoms with Gasteiger partial charge in [0.05, 0.1) is 18.3 Å². The van der Waals surface area contributed by atoms with Crippen LogP contribution in [-0.4, -0.2) is 21.3 Å². The second kappa shape index (κ2) is 4.32. The minimum absolute atomic E-state index is 0.256. The summed E-state index contributed by atoms with van der Waals surface area (Å²) in [5.41, 5.74) is 1.18. The Labute approximate surface area is 94.9 Å². The van der Waals surface area contributed by atoms with Gasteiger partial charge in [0, 0.05) is 5.56 Å². The Morgan fingerprint density at radius 1 is 1.35 bits per heavy atom. The van der Waals surface area contributed by atoms with Crippen molar-refractivity contribution in [3.63, 3.8) is 0 Å². The van der Waals surface area contributed by atoms with Gasteiger partial charge in [-0.05, 0) is 17.7 Å². The minimum atomic E-state index is -1.03. The van der Waals surface area contributed by atoms with Gasteiger partial charge in [0.1, 0.15) is 0 Å². The molecule has 2 rings (SSSR count). The predicted octanol–water partition coefficient (Wildman–Crippen LogP) is 1.98. The van der Waals surface area contributed by atoms with Crippen molar-refractivity contribution in [3.05, 3.63) is 41.7 Å². The molecule has 2 N–H and O–H groups in total. The lowest BCUT2D eigenvalue weighted by atomic mass is 10.0. The Kier molecular flexibility index (Phi) is 2.86. The maximum Gasteiger partial charge on any atom is 0.309 e. The third-order valence-corrected chi connectivity index (χ3v) is 2.28. The number of aromatic nitrogens is 2. The number of carboxylic acid groups (broad SMARTS) is 1. The Bertz CT molecular complexity index is 566. The molecule has 1 aromatic carbocycles. The van der Waals surface area contributed by atoms with Crippen LogP contribution in [0.25, 0.3) is 11.1 Å². The van der Waals surface area contributed by atoms with E-state index in [4.69, 9.17) is 5.11 Å². The molecule has 1 aromatic heterocycles. The highest BCUT2D eigenvalue weighted by atomic mass is 19.2. The molecule has 0 radical (unpaired) electrons. The van der Waals surface area contributed by atoms with Crippen molar-refractivity contribution in [2.75, 3.05) is 0 Å². The minimum Gasteiger partial charge on any atom is -0.481 e. The molecule has 0 atom stereocenters. The van der Waals surface area contributed by atoms with Crippen LogP contribution in [0.1, 0.15) is 5.69 Å². The van der Waals surface area contributed by atoms with Crippen molar-refractivity contribution >= 4 is 5.97 Å². The zero-order valence-corrected chi connectivity index (χ0v) is 8.58. The van der Waals surface area contributed by atoms with Gasteiger partial charge in [0.2, 0.25) is 0 Å².